The van der Waals surface area contributed by atoms with Gasteiger partial charge in [-0.3, -0.25) is 0 Å². The fraction of sp³-hybridized carbons (Fsp3) is 1.00. The van der Waals surface area contributed by atoms with E-state index in [1.165, 1.54) is 6.92 Å². The first kappa shape index (κ1) is 27.0. The molecule has 3 fully saturated rings. The van der Waals surface area contributed by atoms with E-state index in [0.29, 0.717) is 0 Å². The van der Waals surface area contributed by atoms with E-state index in [4.69, 9.17) is 23.7 Å². The Morgan fingerprint density at radius 2 is 1.03 bits per heavy atom. The zero-order valence-corrected chi connectivity index (χ0v) is 17.6. The maximum absolute atomic E-state index is 10.7. The van der Waals surface area contributed by atoms with Crippen molar-refractivity contribution in [2.75, 3.05) is 13.2 Å². The van der Waals surface area contributed by atoms with Crippen molar-refractivity contribution < 1.29 is 74.7 Å². The van der Waals surface area contributed by atoms with Gasteiger partial charge in [0.25, 0.3) is 0 Å². The van der Waals surface area contributed by atoms with Crippen LogP contribution in [0.15, 0.2) is 0 Å². The summed E-state index contributed by atoms with van der Waals surface area (Å²) in [6.45, 7) is -0.117. The zero-order chi connectivity index (χ0) is 24.6. The summed E-state index contributed by atoms with van der Waals surface area (Å²) in [6.07, 6.45) is -24.1. The van der Waals surface area contributed by atoms with Crippen molar-refractivity contribution in [2.45, 2.75) is 99.0 Å². The van der Waals surface area contributed by atoms with Crippen LogP contribution in [0.3, 0.4) is 0 Å². The minimum absolute atomic E-state index is 0.741. The van der Waals surface area contributed by atoms with Crippen LogP contribution in [0, 0.1) is 0 Å². The molecule has 0 aromatic rings. The van der Waals surface area contributed by atoms with Gasteiger partial charge in [0.05, 0.1) is 19.3 Å². The maximum atomic E-state index is 10.7. The molecule has 0 aromatic carbocycles. The van der Waals surface area contributed by atoms with Crippen molar-refractivity contribution >= 4 is 0 Å². The van der Waals surface area contributed by atoms with Crippen molar-refractivity contribution in [1.82, 2.24) is 0 Å². The van der Waals surface area contributed by atoms with E-state index in [-0.39, 0.29) is 0 Å². The third-order valence-electron chi connectivity index (χ3n) is 6.05. The van der Waals surface area contributed by atoms with Crippen molar-refractivity contribution in [3.8, 4) is 0 Å². The average Bonchev–Trinajstić information content (AvgIpc) is 2.79. The zero-order valence-electron chi connectivity index (χ0n) is 17.6. The van der Waals surface area contributed by atoms with Crippen molar-refractivity contribution in [3.63, 3.8) is 0 Å². The Bertz CT molecular complexity index is 610. The minimum atomic E-state index is -1.86. The Labute approximate surface area is 187 Å². The van der Waals surface area contributed by atoms with Gasteiger partial charge in [-0.05, 0) is 6.92 Å². The SMILES string of the molecule is C[C@@H]1O[C@@H](O)[C@H](O)[C@H](O[C@H]2O[C@H](CO)[C@@H](O)[C@H](O[C@H]3O[C@H](CO)[C@H](O)[C@H](O)[C@H]3O)[C@H]2O)[C@H]1O. The molecule has 15 atom stereocenters. The quantitative estimate of drug-likeness (QED) is 0.167. The Hall–Kier alpha value is -0.600. The van der Waals surface area contributed by atoms with E-state index in [0.717, 1.165) is 0 Å². The molecule has 33 heavy (non-hydrogen) atoms. The lowest BCUT2D eigenvalue weighted by Crippen LogP contribution is -2.66. The Balaban J connectivity index is 1.77. The summed E-state index contributed by atoms with van der Waals surface area (Å²) >= 11 is 0. The molecule has 0 radical (unpaired) electrons. The second-order valence-electron chi connectivity index (χ2n) is 8.32. The predicted octanol–water partition coefficient (Wildman–Crippen LogP) is -6.55. The minimum Gasteiger partial charge on any atom is -0.394 e. The van der Waals surface area contributed by atoms with Crippen LogP contribution in [0.25, 0.3) is 0 Å². The van der Waals surface area contributed by atoms with E-state index in [1.54, 1.807) is 0 Å². The van der Waals surface area contributed by atoms with Gasteiger partial charge in [-0.15, -0.1) is 0 Å². The molecular weight excluding hydrogens is 456 g/mol. The van der Waals surface area contributed by atoms with Gasteiger partial charge in [0.1, 0.15) is 67.1 Å². The molecule has 0 bridgehead atoms. The van der Waals surface area contributed by atoms with Crippen LogP contribution in [0.1, 0.15) is 6.92 Å². The standard InChI is InChI=1S/C18H32O15/c1-4-7(21)14(12(26)16(28)29-4)32-18-13(27)15(9(23)6(3-20)31-18)33-17-11(25)10(24)8(22)5(2-19)30-17/h4-28H,2-3H2,1H3/t4-,5+,6+,7-,8-,9+,10-,11+,12+,13+,14+,15-,16+,17+,18+/m0/s1. The van der Waals surface area contributed by atoms with Gasteiger partial charge < -0.3 is 74.7 Å². The second kappa shape index (κ2) is 11.0. The molecule has 0 amide bonds. The summed E-state index contributed by atoms with van der Waals surface area (Å²) < 4.78 is 26.4. The molecule has 0 aliphatic carbocycles. The highest BCUT2D eigenvalue weighted by Crippen LogP contribution is 2.32. The van der Waals surface area contributed by atoms with Gasteiger partial charge in [-0.1, -0.05) is 0 Å². The number of rotatable bonds is 6. The molecule has 10 N–H and O–H groups in total. The van der Waals surface area contributed by atoms with Gasteiger partial charge >= 0.3 is 0 Å². The molecule has 3 heterocycles. The molecule has 3 rings (SSSR count). The molecule has 0 saturated carbocycles. The number of hydrogen-bond acceptors (Lipinski definition) is 15. The smallest absolute Gasteiger partial charge is 0.187 e. The highest BCUT2D eigenvalue weighted by molar-refractivity contribution is 4.95. The molecule has 3 saturated heterocycles. The first-order chi connectivity index (χ1) is 15.5. The lowest BCUT2D eigenvalue weighted by atomic mass is 9.96. The third kappa shape index (κ3) is 5.32. The fourth-order valence-electron chi connectivity index (χ4n) is 3.99. The van der Waals surface area contributed by atoms with E-state index in [9.17, 15) is 51.1 Å². The summed E-state index contributed by atoms with van der Waals surface area (Å²) in [6, 6.07) is 0. The normalized spacial score (nSPS) is 53.7. The molecule has 0 spiro atoms. The van der Waals surface area contributed by atoms with Gasteiger partial charge in [0.15, 0.2) is 18.9 Å². The largest absolute Gasteiger partial charge is 0.394 e. The molecule has 3 aliphatic rings. The van der Waals surface area contributed by atoms with Crippen LogP contribution in [0.5, 0.6) is 0 Å². The molecular formula is C18H32O15. The summed E-state index contributed by atoms with van der Waals surface area (Å²) in [4.78, 5) is 0. The average molecular weight is 488 g/mol. The highest BCUT2D eigenvalue weighted by Gasteiger charge is 2.53. The highest BCUT2D eigenvalue weighted by atomic mass is 16.7. The summed E-state index contributed by atoms with van der Waals surface area (Å²) in [5.41, 5.74) is 0. The lowest BCUT2D eigenvalue weighted by molar-refractivity contribution is -0.378. The monoisotopic (exact) mass is 488 g/mol. The topological polar surface area (TPSA) is 248 Å². The summed E-state index contributed by atoms with van der Waals surface area (Å²) in [5, 5.41) is 100. The van der Waals surface area contributed by atoms with Crippen molar-refractivity contribution in [1.29, 1.82) is 0 Å². The summed E-state index contributed by atoms with van der Waals surface area (Å²) in [7, 11) is 0. The molecule has 15 heteroatoms. The van der Waals surface area contributed by atoms with Crippen LogP contribution in [0.2, 0.25) is 0 Å². The molecule has 15 nitrogen and oxygen atoms in total. The molecule has 3 aliphatic heterocycles. The number of hydrogen-bond donors (Lipinski definition) is 10. The van der Waals surface area contributed by atoms with Crippen LogP contribution in [-0.4, -0.2) is 156 Å². The number of aliphatic hydroxyl groups is 10. The number of aliphatic hydroxyl groups excluding tert-OH is 10. The Morgan fingerprint density at radius 3 is 1.58 bits per heavy atom. The van der Waals surface area contributed by atoms with E-state index < -0.39 is 105 Å². The van der Waals surface area contributed by atoms with E-state index >= 15 is 0 Å². The number of ether oxygens (including phenoxy) is 5. The van der Waals surface area contributed by atoms with E-state index in [1.807, 2.05) is 0 Å². The summed E-state index contributed by atoms with van der Waals surface area (Å²) in [5.74, 6) is 0. The third-order valence-corrected chi connectivity index (χ3v) is 6.05. The first-order valence-electron chi connectivity index (χ1n) is 10.4. The second-order valence-corrected chi connectivity index (χ2v) is 8.32. The van der Waals surface area contributed by atoms with Gasteiger partial charge in [-0.2, -0.15) is 0 Å². The molecule has 0 unspecified atom stereocenters. The van der Waals surface area contributed by atoms with E-state index in [2.05, 4.69) is 0 Å². The van der Waals surface area contributed by atoms with Crippen molar-refractivity contribution in [3.05, 3.63) is 0 Å². The first-order valence-corrected chi connectivity index (χ1v) is 10.4. The maximum Gasteiger partial charge on any atom is 0.187 e. The van der Waals surface area contributed by atoms with Gasteiger partial charge in [-0.25, -0.2) is 0 Å². The van der Waals surface area contributed by atoms with Crippen molar-refractivity contribution in [2.24, 2.45) is 0 Å². The Kier molecular flexibility index (Phi) is 8.99. The Morgan fingerprint density at radius 1 is 0.545 bits per heavy atom. The fourth-order valence-corrected chi connectivity index (χ4v) is 3.99. The predicted molar refractivity (Wildman–Crippen MR) is 99.8 cm³/mol. The van der Waals surface area contributed by atoms with Crippen LogP contribution in [0.4, 0.5) is 0 Å². The van der Waals surface area contributed by atoms with Crippen LogP contribution >= 0.6 is 0 Å². The van der Waals surface area contributed by atoms with Crippen LogP contribution < -0.4 is 0 Å². The lowest BCUT2D eigenvalue weighted by Gasteiger charge is -2.47. The molecule has 194 valence electrons. The van der Waals surface area contributed by atoms with Gasteiger partial charge in [0.2, 0.25) is 0 Å². The van der Waals surface area contributed by atoms with Gasteiger partial charge in [0, 0.05) is 0 Å². The van der Waals surface area contributed by atoms with Crippen LogP contribution in [-0.2, 0) is 23.7 Å². The molecule has 0 aromatic heterocycles.